The fourth-order valence-corrected chi connectivity index (χ4v) is 1.20. The molecule has 0 aliphatic heterocycles. The normalized spacial score (nSPS) is 10.8. The maximum atomic E-state index is 3.92. The Hall–Kier alpha value is -0.480. The molecule has 0 aliphatic rings. The van der Waals surface area contributed by atoms with Gasteiger partial charge in [0.1, 0.15) is 0 Å². The van der Waals surface area contributed by atoms with Crippen molar-refractivity contribution in [2.24, 2.45) is 5.92 Å². The van der Waals surface area contributed by atoms with Gasteiger partial charge in [0.2, 0.25) is 0 Å². The van der Waals surface area contributed by atoms with E-state index in [1.807, 2.05) is 5.38 Å². The van der Waals surface area contributed by atoms with Gasteiger partial charge >= 0.3 is 0 Å². The highest BCUT2D eigenvalue weighted by atomic mass is 32.1. The monoisotopic (exact) mass is 171 g/mol. The summed E-state index contributed by atoms with van der Waals surface area (Å²) in [7, 11) is 0. The summed E-state index contributed by atoms with van der Waals surface area (Å²) >= 11 is 1.40. The first kappa shape index (κ1) is 8.62. The third-order valence-corrected chi connectivity index (χ3v) is 1.82. The van der Waals surface area contributed by atoms with Crippen LogP contribution in [0.15, 0.2) is 5.38 Å². The van der Waals surface area contributed by atoms with Gasteiger partial charge in [-0.05, 0) is 24.0 Å². The lowest BCUT2D eigenvalue weighted by Crippen LogP contribution is -2.19. The van der Waals surface area contributed by atoms with Crippen molar-refractivity contribution >= 4 is 11.5 Å². The molecule has 0 aliphatic carbocycles. The predicted octanol–water partition coefficient (Wildman–Crippen LogP) is 1.28. The van der Waals surface area contributed by atoms with Crippen molar-refractivity contribution in [3.63, 3.8) is 0 Å². The van der Waals surface area contributed by atoms with E-state index in [1.54, 1.807) is 0 Å². The molecular weight excluding hydrogens is 158 g/mol. The summed E-state index contributed by atoms with van der Waals surface area (Å²) in [5, 5.41) is 9.18. The third kappa shape index (κ3) is 3.43. The molecule has 0 aromatic carbocycles. The Morgan fingerprint density at radius 1 is 1.64 bits per heavy atom. The first-order valence-corrected chi connectivity index (χ1v) is 4.59. The highest BCUT2D eigenvalue weighted by Gasteiger charge is 1.96. The van der Waals surface area contributed by atoms with E-state index in [0.717, 1.165) is 18.8 Å². The molecule has 0 atom stereocenters. The van der Waals surface area contributed by atoms with Crippen LogP contribution < -0.4 is 5.32 Å². The molecule has 4 heteroatoms. The molecule has 1 aromatic rings. The first-order valence-electron chi connectivity index (χ1n) is 3.75. The van der Waals surface area contributed by atoms with Crippen molar-refractivity contribution in [1.29, 1.82) is 0 Å². The average molecular weight is 171 g/mol. The molecule has 62 valence electrons. The standard InChI is InChI=1S/C7H13N3S/c1-6(2)3-8-4-7-5-11-10-9-7/h5-6,8H,3-4H2,1-2H3. The van der Waals surface area contributed by atoms with E-state index in [9.17, 15) is 0 Å². The fourth-order valence-electron chi connectivity index (χ4n) is 0.750. The number of aromatic nitrogens is 2. The molecule has 0 saturated carbocycles. The van der Waals surface area contributed by atoms with Crippen LogP contribution in [0.4, 0.5) is 0 Å². The number of nitrogens with zero attached hydrogens (tertiary/aromatic N) is 2. The summed E-state index contributed by atoms with van der Waals surface area (Å²) in [6.45, 7) is 6.25. The maximum Gasteiger partial charge on any atom is 0.0893 e. The number of rotatable bonds is 4. The van der Waals surface area contributed by atoms with Crippen LogP contribution in [0.5, 0.6) is 0 Å². The molecule has 0 radical (unpaired) electrons. The van der Waals surface area contributed by atoms with Crippen molar-refractivity contribution in [1.82, 2.24) is 14.9 Å². The molecule has 0 bridgehead atoms. The zero-order valence-corrected chi connectivity index (χ0v) is 7.69. The molecule has 0 amide bonds. The van der Waals surface area contributed by atoms with E-state index >= 15 is 0 Å². The van der Waals surface area contributed by atoms with Gasteiger partial charge in [-0.1, -0.05) is 18.3 Å². The highest BCUT2D eigenvalue weighted by molar-refractivity contribution is 7.03. The molecule has 1 aromatic heterocycles. The molecule has 1 N–H and O–H groups in total. The second-order valence-electron chi connectivity index (χ2n) is 2.92. The Bertz CT molecular complexity index is 184. The van der Waals surface area contributed by atoms with Crippen molar-refractivity contribution in [2.75, 3.05) is 6.54 Å². The van der Waals surface area contributed by atoms with Crippen molar-refractivity contribution in [3.8, 4) is 0 Å². The van der Waals surface area contributed by atoms with E-state index in [0.29, 0.717) is 5.92 Å². The van der Waals surface area contributed by atoms with Gasteiger partial charge in [0.05, 0.1) is 5.69 Å². The lowest BCUT2D eigenvalue weighted by Gasteiger charge is -2.03. The summed E-state index contributed by atoms with van der Waals surface area (Å²) in [4.78, 5) is 0. The lowest BCUT2D eigenvalue weighted by atomic mass is 10.2. The van der Waals surface area contributed by atoms with E-state index in [4.69, 9.17) is 0 Å². The molecule has 0 spiro atoms. The van der Waals surface area contributed by atoms with E-state index in [2.05, 4.69) is 28.8 Å². The highest BCUT2D eigenvalue weighted by Crippen LogP contribution is 1.96. The van der Waals surface area contributed by atoms with E-state index in [-0.39, 0.29) is 0 Å². The fraction of sp³-hybridized carbons (Fsp3) is 0.714. The van der Waals surface area contributed by atoms with Crippen LogP contribution in [0, 0.1) is 5.92 Å². The quantitative estimate of drug-likeness (QED) is 0.741. The van der Waals surface area contributed by atoms with Crippen molar-refractivity contribution in [3.05, 3.63) is 11.1 Å². The lowest BCUT2D eigenvalue weighted by molar-refractivity contribution is 0.548. The van der Waals surface area contributed by atoms with Gasteiger partial charge in [0.25, 0.3) is 0 Å². The zero-order chi connectivity index (χ0) is 8.10. The second kappa shape index (κ2) is 4.41. The molecule has 0 saturated heterocycles. The molecule has 3 nitrogen and oxygen atoms in total. The Labute approximate surface area is 71.0 Å². The van der Waals surface area contributed by atoms with Gasteiger partial charge in [-0.2, -0.15) is 0 Å². The Morgan fingerprint density at radius 2 is 2.45 bits per heavy atom. The molecule has 0 fully saturated rings. The summed E-state index contributed by atoms with van der Waals surface area (Å²) in [5.74, 6) is 0.696. The summed E-state index contributed by atoms with van der Waals surface area (Å²) in [6, 6.07) is 0. The van der Waals surface area contributed by atoms with Crippen LogP contribution in [0.1, 0.15) is 19.5 Å². The molecule has 11 heavy (non-hydrogen) atoms. The Balaban J connectivity index is 2.14. The summed E-state index contributed by atoms with van der Waals surface area (Å²) in [5.41, 5.74) is 1.04. The van der Waals surface area contributed by atoms with Gasteiger partial charge in [-0.15, -0.1) is 5.10 Å². The van der Waals surface area contributed by atoms with Crippen LogP contribution in [0.25, 0.3) is 0 Å². The summed E-state index contributed by atoms with van der Waals surface area (Å²) < 4.78 is 3.77. The van der Waals surface area contributed by atoms with Crippen LogP contribution in [0.2, 0.25) is 0 Å². The molecule has 1 rings (SSSR count). The minimum Gasteiger partial charge on any atom is -0.311 e. The van der Waals surface area contributed by atoms with Gasteiger partial charge in [-0.25, -0.2) is 0 Å². The van der Waals surface area contributed by atoms with Crippen LogP contribution >= 0.6 is 11.5 Å². The topological polar surface area (TPSA) is 37.8 Å². The number of hydrogen-bond donors (Lipinski definition) is 1. The molecular formula is C7H13N3S. The molecule has 1 heterocycles. The number of nitrogens with one attached hydrogen (secondary N) is 1. The van der Waals surface area contributed by atoms with Crippen molar-refractivity contribution in [2.45, 2.75) is 20.4 Å². The van der Waals surface area contributed by atoms with Gasteiger partial charge in [-0.3, -0.25) is 0 Å². The smallest absolute Gasteiger partial charge is 0.0893 e. The van der Waals surface area contributed by atoms with Crippen LogP contribution in [0.3, 0.4) is 0 Å². The summed E-state index contributed by atoms with van der Waals surface area (Å²) in [6.07, 6.45) is 0. The SMILES string of the molecule is CC(C)CNCc1csnn1. The predicted molar refractivity (Wildman–Crippen MR) is 46.5 cm³/mol. The minimum atomic E-state index is 0.696. The van der Waals surface area contributed by atoms with E-state index < -0.39 is 0 Å². The second-order valence-corrected chi connectivity index (χ2v) is 3.53. The maximum absolute atomic E-state index is 3.92. The Morgan fingerprint density at radius 3 is 3.00 bits per heavy atom. The van der Waals surface area contributed by atoms with Gasteiger partial charge in [0, 0.05) is 11.9 Å². The van der Waals surface area contributed by atoms with Crippen molar-refractivity contribution < 1.29 is 0 Å². The first-order chi connectivity index (χ1) is 5.29. The minimum absolute atomic E-state index is 0.696. The Kier molecular flexibility index (Phi) is 3.45. The van der Waals surface area contributed by atoms with Crippen LogP contribution in [-0.4, -0.2) is 16.1 Å². The van der Waals surface area contributed by atoms with E-state index in [1.165, 1.54) is 11.5 Å². The molecule has 0 unspecified atom stereocenters. The average Bonchev–Trinajstić information content (AvgIpc) is 2.39. The van der Waals surface area contributed by atoms with Gasteiger partial charge < -0.3 is 5.32 Å². The largest absolute Gasteiger partial charge is 0.311 e. The zero-order valence-electron chi connectivity index (χ0n) is 6.87. The number of hydrogen-bond acceptors (Lipinski definition) is 4. The van der Waals surface area contributed by atoms with Crippen LogP contribution in [-0.2, 0) is 6.54 Å². The van der Waals surface area contributed by atoms with Gasteiger partial charge in [0.15, 0.2) is 0 Å². The third-order valence-electron chi connectivity index (χ3n) is 1.26.